The van der Waals surface area contributed by atoms with E-state index in [1.165, 1.54) is 0 Å². The van der Waals surface area contributed by atoms with Crippen molar-refractivity contribution in [1.29, 1.82) is 0 Å². The largest absolute Gasteiger partial charge is 0.477 e. The number of hydrogen-bond acceptors (Lipinski definition) is 2. The Morgan fingerprint density at radius 3 is 2.25 bits per heavy atom. The summed E-state index contributed by atoms with van der Waals surface area (Å²) in [5, 5.41) is 7.97. The van der Waals surface area contributed by atoms with Crippen molar-refractivity contribution in [3.63, 3.8) is 0 Å². The van der Waals surface area contributed by atoms with Crippen molar-refractivity contribution in [1.82, 2.24) is 0 Å². The molecule has 0 aliphatic carbocycles. The highest BCUT2D eigenvalue weighted by Gasteiger charge is 2.41. The van der Waals surface area contributed by atoms with E-state index >= 15 is 0 Å². The minimum Gasteiger partial charge on any atom is -0.477 e. The van der Waals surface area contributed by atoms with E-state index in [0.717, 1.165) is 6.92 Å². The van der Waals surface area contributed by atoms with Crippen molar-refractivity contribution in [3.05, 3.63) is 0 Å². The van der Waals surface area contributed by atoms with Crippen LogP contribution in [0.4, 0.5) is 8.78 Å². The molecule has 0 aromatic carbocycles. The summed E-state index contributed by atoms with van der Waals surface area (Å²) in [6.45, 7) is 1.15. The van der Waals surface area contributed by atoms with Gasteiger partial charge in [-0.05, 0) is 0 Å². The zero-order valence-corrected chi connectivity index (χ0v) is 6.38. The average Bonchev–Trinajstić information content (AvgIpc) is 1.85. The van der Waals surface area contributed by atoms with E-state index in [9.17, 15) is 18.4 Å². The predicted molar refractivity (Wildman–Crippen MR) is 35.6 cm³/mol. The highest BCUT2D eigenvalue weighted by molar-refractivity contribution is 5.79. The predicted octanol–water partition coefficient (Wildman–Crippen LogP) is 0.218. The van der Waals surface area contributed by atoms with Crippen LogP contribution >= 0.6 is 0 Å². The number of carbonyl (C=O) groups is 2. The van der Waals surface area contributed by atoms with Crippen LogP contribution in [-0.2, 0) is 9.59 Å². The summed E-state index contributed by atoms with van der Waals surface area (Å²) in [4.78, 5) is 20.2. The maximum atomic E-state index is 12.3. The van der Waals surface area contributed by atoms with Gasteiger partial charge in [0.2, 0.25) is 5.91 Å². The number of rotatable bonds is 4. The lowest BCUT2D eigenvalue weighted by atomic mass is 10.0. The number of amides is 1. The molecule has 0 saturated carbocycles. The van der Waals surface area contributed by atoms with Crippen LogP contribution in [-0.4, -0.2) is 22.9 Å². The molecule has 0 bridgehead atoms. The van der Waals surface area contributed by atoms with Crippen molar-refractivity contribution in [2.24, 2.45) is 11.7 Å². The zero-order valence-electron chi connectivity index (χ0n) is 6.38. The van der Waals surface area contributed by atoms with Crippen LogP contribution in [0.25, 0.3) is 0 Å². The van der Waals surface area contributed by atoms with Crippen molar-refractivity contribution in [2.75, 3.05) is 0 Å². The second kappa shape index (κ2) is 3.46. The normalized spacial score (nSPS) is 13.9. The number of hydrogen-bond donors (Lipinski definition) is 2. The minimum atomic E-state index is -3.88. The highest BCUT2D eigenvalue weighted by Crippen LogP contribution is 2.23. The number of primary amides is 1. The molecule has 70 valence electrons. The molecule has 1 amide bonds. The van der Waals surface area contributed by atoms with Gasteiger partial charge in [0.1, 0.15) is 0 Å². The smallest absolute Gasteiger partial charge is 0.374 e. The topological polar surface area (TPSA) is 80.4 Å². The molecular formula is C6H9F2NO3. The molecule has 1 unspecified atom stereocenters. The summed E-state index contributed by atoms with van der Waals surface area (Å²) in [6.07, 6.45) is -1.06. The van der Waals surface area contributed by atoms with E-state index in [4.69, 9.17) is 5.11 Å². The van der Waals surface area contributed by atoms with E-state index in [-0.39, 0.29) is 0 Å². The summed E-state index contributed by atoms with van der Waals surface area (Å²) in [7, 11) is 0. The molecule has 0 aliphatic heterocycles. The van der Waals surface area contributed by atoms with E-state index < -0.39 is 30.1 Å². The van der Waals surface area contributed by atoms with Gasteiger partial charge in [0.15, 0.2) is 0 Å². The molecule has 12 heavy (non-hydrogen) atoms. The third kappa shape index (κ3) is 2.81. The van der Waals surface area contributed by atoms with E-state index in [2.05, 4.69) is 5.73 Å². The zero-order chi connectivity index (χ0) is 9.94. The van der Waals surface area contributed by atoms with Gasteiger partial charge < -0.3 is 10.8 Å². The van der Waals surface area contributed by atoms with Crippen LogP contribution in [0.3, 0.4) is 0 Å². The van der Waals surface area contributed by atoms with Crippen LogP contribution < -0.4 is 5.73 Å². The van der Waals surface area contributed by atoms with Crippen LogP contribution in [0, 0.1) is 5.92 Å². The van der Waals surface area contributed by atoms with Gasteiger partial charge in [-0.1, -0.05) is 6.92 Å². The summed E-state index contributed by atoms with van der Waals surface area (Å²) >= 11 is 0. The van der Waals surface area contributed by atoms with E-state index in [1.807, 2.05) is 0 Å². The number of halogens is 2. The Labute approximate surface area is 67.4 Å². The van der Waals surface area contributed by atoms with E-state index in [0.29, 0.717) is 0 Å². The van der Waals surface area contributed by atoms with Crippen LogP contribution in [0.2, 0.25) is 0 Å². The molecule has 3 N–H and O–H groups in total. The fraction of sp³-hybridized carbons (Fsp3) is 0.667. The van der Waals surface area contributed by atoms with E-state index in [1.54, 1.807) is 0 Å². The maximum absolute atomic E-state index is 12.3. The second-order valence-corrected chi connectivity index (χ2v) is 2.52. The Bertz CT molecular complexity index is 205. The lowest BCUT2D eigenvalue weighted by Gasteiger charge is -2.13. The molecule has 0 radical (unpaired) electrons. The fourth-order valence-corrected chi connectivity index (χ4v) is 0.572. The van der Waals surface area contributed by atoms with Gasteiger partial charge in [0.05, 0.1) is 0 Å². The number of carboxylic acids is 1. The lowest BCUT2D eigenvalue weighted by molar-refractivity contribution is -0.167. The van der Waals surface area contributed by atoms with Crippen LogP contribution in [0.5, 0.6) is 0 Å². The monoisotopic (exact) mass is 181 g/mol. The van der Waals surface area contributed by atoms with Gasteiger partial charge >= 0.3 is 11.9 Å². The Hall–Kier alpha value is -1.20. The summed E-state index contributed by atoms with van der Waals surface area (Å²) in [5.74, 6) is -8.20. The van der Waals surface area contributed by atoms with Crippen molar-refractivity contribution in [3.8, 4) is 0 Å². The van der Waals surface area contributed by atoms with Gasteiger partial charge in [-0.15, -0.1) is 0 Å². The minimum absolute atomic E-state index is 0.934. The first-order chi connectivity index (χ1) is 5.27. The number of aliphatic carboxylic acids is 1. The van der Waals surface area contributed by atoms with Crippen LogP contribution in [0.15, 0.2) is 0 Å². The van der Waals surface area contributed by atoms with Crippen molar-refractivity contribution >= 4 is 11.9 Å². The SMILES string of the molecule is CC(CC(F)(F)C(=O)O)C(N)=O. The molecule has 0 saturated heterocycles. The van der Waals surface area contributed by atoms with Gasteiger partial charge in [-0.2, -0.15) is 8.78 Å². The summed E-state index contributed by atoms with van der Waals surface area (Å²) in [5.41, 5.74) is 4.68. The van der Waals surface area contributed by atoms with Gasteiger partial charge in [0.25, 0.3) is 0 Å². The first-order valence-corrected chi connectivity index (χ1v) is 3.18. The molecule has 0 aromatic heterocycles. The molecule has 0 fully saturated rings. The maximum Gasteiger partial charge on any atom is 0.374 e. The average molecular weight is 181 g/mol. The molecule has 6 heteroatoms. The first kappa shape index (κ1) is 10.8. The van der Waals surface area contributed by atoms with Crippen molar-refractivity contribution in [2.45, 2.75) is 19.3 Å². The van der Waals surface area contributed by atoms with Gasteiger partial charge in [0, 0.05) is 12.3 Å². The number of carboxylic acid groups (broad SMARTS) is 1. The van der Waals surface area contributed by atoms with Crippen LogP contribution in [0.1, 0.15) is 13.3 Å². The second-order valence-electron chi connectivity index (χ2n) is 2.52. The molecule has 0 aliphatic rings. The molecule has 0 aromatic rings. The molecule has 1 atom stereocenters. The Kier molecular flexibility index (Phi) is 3.12. The van der Waals surface area contributed by atoms with Gasteiger partial charge in [-0.25, -0.2) is 4.79 Å². The molecule has 0 heterocycles. The first-order valence-electron chi connectivity index (χ1n) is 3.18. The Morgan fingerprint density at radius 1 is 1.58 bits per heavy atom. The standard InChI is InChI=1S/C6H9F2NO3/c1-3(4(9)10)2-6(7,8)5(11)12/h3H,2H2,1H3,(H2,9,10)(H,11,12). The molecular weight excluding hydrogens is 172 g/mol. The quantitative estimate of drug-likeness (QED) is 0.650. The molecule has 0 rings (SSSR count). The summed E-state index contributed by atoms with van der Waals surface area (Å²) < 4.78 is 24.7. The molecule has 4 nitrogen and oxygen atoms in total. The lowest BCUT2D eigenvalue weighted by Crippen LogP contribution is -2.34. The summed E-state index contributed by atoms with van der Waals surface area (Å²) in [6, 6.07) is 0. The number of alkyl halides is 2. The Morgan fingerprint density at radius 2 is 2.00 bits per heavy atom. The molecule has 0 spiro atoms. The fourth-order valence-electron chi connectivity index (χ4n) is 0.572. The number of carbonyl (C=O) groups excluding carboxylic acids is 1. The third-order valence-electron chi connectivity index (χ3n) is 1.36. The third-order valence-corrected chi connectivity index (χ3v) is 1.36. The van der Waals surface area contributed by atoms with Crippen molar-refractivity contribution < 1.29 is 23.5 Å². The van der Waals surface area contributed by atoms with Gasteiger partial charge in [-0.3, -0.25) is 4.79 Å². The highest BCUT2D eigenvalue weighted by atomic mass is 19.3. The Balaban J connectivity index is 4.24. The number of nitrogens with two attached hydrogens (primary N) is 1.